The number of halogens is 1. The number of nitrogen functional groups attached to an aromatic ring is 1. The van der Waals surface area contributed by atoms with Crippen molar-refractivity contribution in [1.29, 1.82) is 0 Å². The molecule has 12 heteroatoms. The summed E-state index contributed by atoms with van der Waals surface area (Å²) >= 11 is 0. The number of benzene rings is 1. The summed E-state index contributed by atoms with van der Waals surface area (Å²) < 4.78 is 16.1. The number of ketones is 4. The van der Waals surface area contributed by atoms with Crippen molar-refractivity contribution in [3.8, 4) is 5.75 Å². The Balaban J connectivity index is 1.84. The van der Waals surface area contributed by atoms with Crippen LogP contribution in [0.2, 0.25) is 0 Å². The molecular formula is C28H37FN4O7. The van der Waals surface area contributed by atoms with E-state index in [2.05, 4.69) is 0 Å². The number of phenols is 1. The molecule has 1 aromatic rings. The van der Waals surface area contributed by atoms with Gasteiger partial charge in [-0.2, -0.15) is 0 Å². The van der Waals surface area contributed by atoms with E-state index in [1.807, 2.05) is 25.7 Å². The van der Waals surface area contributed by atoms with Crippen molar-refractivity contribution < 1.29 is 38.6 Å². The zero-order valence-electron chi connectivity index (χ0n) is 23.6. The molecule has 0 radical (unpaired) electrons. The van der Waals surface area contributed by atoms with Gasteiger partial charge in [-0.3, -0.25) is 33.8 Å². The maximum Gasteiger partial charge on any atom is 0.235 e. The van der Waals surface area contributed by atoms with Crippen molar-refractivity contribution >= 4 is 34.7 Å². The first-order chi connectivity index (χ1) is 18.4. The average molecular weight is 561 g/mol. The number of aliphatic hydroxyl groups is 1. The molecule has 2 fully saturated rings. The van der Waals surface area contributed by atoms with Crippen LogP contribution in [0.5, 0.6) is 5.75 Å². The van der Waals surface area contributed by atoms with E-state index in [9.17, 15) is 34.2 Å². The number of nitrogens with two attached hydrogens (primary N) is 2. The Labute approximate surface area is 231 Å². The SMILES string of the molecule is CCC(C)(C)N(C)Cc1c(N)c(O)c2c(c1F)C[C@H]1C[C@H]3[C@H](N(C)C)C(=O)C(C(N)=O)C(=O)[C@@]3(O)C(=O)C1C2=O. The number of carbonyl (C=O) groups is 5. The third kappa shape index (κ3) is 3.99. The fourth-order valence-corrected chi connectivity index (χ4v) is 6.65. The molecule has 1 amide bonds. The van der Waals surface area contributed by atoms with Crippen LogP contribution in [0.25, 0.3) is 0 Å². The standard InChI is InChI=1S/C28H37FN4O7/c1-7-27(2,3)33(6)10-13-18(29)12-8-11-9-14-20(32(4)5)23(36)17(26(31)39)25(38)28(14,40)24(37)15(11)21(34)16(12)22(35)19(13)30/h11,14-15,17,20,35,40H,7-10,30H2,1-6H3,(H2,31,39)/t11-,14-,15?,17?,20-,28-/m0/s1. The minimum atomic E-state index is -2.84. The van der Waals surface area contributed by atoms with Crippen molar-refractivity contribution in [2.75, 3.05) is 26.9 Å². The zero-order chi connectivity index (χ0) is 30.2. The number of aromatic hydroxyl groups is 1. The Bertz CT molecular complexity index is 1340. The van der Waals surface area contributed by atoms with Crippen molar-refractivity contribution in [1.82, 2.24) is 9.80 Å². The number of hydrogen-bond acceptors (Lipinski definition) is 10. The summed E-state index contributed by atoms with van der Waals surface area (Å²) in [5.74, 6) is -12.9. The van der Waals surface area contributed by atoms with Crippen LogP contribution in [0, 0.1) is 29.5 Å². The first-order valence-corrected chi connectivity index (χ1v) is 13.3. The van der Waals surface area contributed by atoms with Crippen LogP contribution in [-0.4, -0.2) is 87.4 Å². The Morgan fingerprint density at radius 3 is 2.27 bits per heavy atom. The van der Waals surface area contributed by atoms with Crippen molar-refractivity contribution in [2.24, 2.45) is 29.4 Å². The molecule has 6 N–H and O–H groups in total. The van der Waals surface area contributed by atoms with Crippen LogP contribution < -0.4 is 11.5 Å². The molecular weight excluding hydrogens is 523 g/mol. The normalized spacial score (nSPS) is 30.4. The van der Waals surface area contributed by atoms with E-state index in [1.165, 1.54) is 19.0 Å². The molecule has 0 aromatic heterocycles. The van der Waals surface area contributed by atoms with Crippen molar-refractivity contribution in [3.63, 3.8) is 0 Å². The van der Waals surface area contributed by atoms with Crippen molar-refractivity contribution in [3.05, 3.63) is 22.5 Å². The highest BCUT2D eigenvalue weighted by molar-refractivity contribution is 6.32. The summed E-state index contributed by atoms with van der Waals surface area (Å²) in [7, 11) is 4.78. The van der Waals surface area contributed by atoms with Crippen molar-refractivity contribution in [2.45, 2.75) is 63.8 Å². The fourth-order valence-electron chi connectivity index (χ4n) is 6.65. The topological polar surface area (TPSA) is 184 Å². The van der Waals surface area contributed by atoms with Crippen LogP contribution >= 0.6 is 0 Å². The number of rotatable bonds is 6. The minimum absolute atomic E-state index is 0.0173. The zero-order valence-corrected chi connectivity index (χ0v) is 23.6. The second-order valence-corrected chi connectivity index (χ2v) is 12.2. The van der Waals surface area contributed by atoms with Gasteiger partial charge >= 0.3 is 0 Å². The fraction of sp³-hybridized carbons (Fsp3) is 0.607. The predicted octanol–water partition coefficient (Wildman–Crippen LogP) is 0.209. The molecule has 0 saturated heterocycles. The van der Waals surface area contributed by atoms with Gasteiger partial charge in [-0.25, -0.2) is 4.39 Å². The Morgan fingerprint density at radius 2 is 1.75 bits per heavy atom. The molecule has 3 aliphatic rings. The lowest BCUT2D eigenvalue weighted by molar-refractivity contribution is -0.181. The first kappa shape index (κ1) is 29.8. The Hall–Kier alpha value is -3.22. The van der Waals surface area contributed by atoms with Gasteiger partial charge in [-0.15, -0.1) is 0 Å². The molecule has 0 bridgehead atoms. The lowest BCUT2D eigenvalue weighted by Crippen LogP contribution is -2.74. The molecule has 218 valence electrons. The van der Waals surface area contributed by atoms with Crippen LogP contribution in [0.15, 0.2) is 0 Å². The maximum absolute atomic E-state index is 16.1. The molecule has 0 spiro atoms. The van der Waals surface area contributed by atoms with Crippen LogP contribution in [0.4, 0.5) is 10.1 Å². The summed E-state index contributed by atoms with van der Waals surface area (Å²) in [6.45, 7) is 5.97. The molecule has 2 saturated carbocycles. The second-order valence-electron chi connectivity index (χ2n) is 12.2. The summed E-state index contributed by atoms with van der Waals surface area (Å²) in [6, 6.07) is -1.23. The largest absolute Gasteiger partial charge is 0.505 e. The molecule has 2 unspecified atom stereocenters. The van der Waals surface area contributed by atoms with Gasteiger partial charge in [0.25, 0.3) is 0 Å². The third-order valence-corrected chi connectivity index (χ3v) is 9.60. The number of primary amides is 1. The number of nitrogens with zero attached hydrogens (tertiary/aromatic N) is 2. The third-order valence-electron chi connectivity index (χ3n) is 9.60. The molecule has 40 heavy (non-hydrogen) atoms. The van der Waals surface area contributed by atoms with Gasteiger partial charge in [0.1, 0.15) is 11.6 Å². The van der Waals surface area contributed by atoms with Gasteiger partial charge in [0, 0.05) is 29.1 Å². The van der Waals surface area contributed by atoms with E-state index >= 15 is 4.39 Å². The number of phenolic OH excluding ortho intramolecular Hbond substituents is 1. The van der Waals surface area contributed by atoms with E-state index < -0.39 is 81.5 Å². The van der Waals surface area contributed by atoms with Crippen LogP contribution in [0.1, 0.15) is 55.1 Å². The Morgan fingerprint density at radius 1 is 1.15 bits per heavy atom. The number of Topliss-reactive ketones (excluding diaryl/α,β-unsaturated/α-hetero) is 4. The number of anilines is 1. The van der Waals surface area contributed by atoms with E-state index in [4.69, 9.17) is 11.5 Å². The summed E-state index contributed by atoms with van der Waals surface area (Å²) in [6.07, 6.45) is 0.420. The highest BCUT2D eigenvalue weighted by Crippen LogP contribution is 2.52. The lowest BCUT2D eigenvalue weighted by atomic mass is 9.52. The average Bonchev–Trinajstić information content (AvgIpc) is 2.86. The van der Waals surface area contributed by atoms with Gasteiger partial charge < -0.3 is 21.7 Å². The van der Waals surface area contributed by atoms with Gasteiger partial charge in [-0.05, 0) is 60.2 Å². The number of likely N-dealkylation sites (N-methyl/N-ethyl adjacent to an activating group) is 1. The number of hydrogen-bond donors (Lipinski definition) is 4. The molecule has 11 nitrogen and oxygen atoms in total. The van der Waals surface area contributed by atoms with Gasteiger partial charge in [0.05, 0.1) is 23.2 Å². The van der Waals surface area contributed by atoms with Gasteiger partial charge in [0.2, 0.25) is 5.91 Å². The van der Waals surface area contributed by atoms with Gasteiger partial charge in [0.15, 0.2) is 34.7 Å². The second kappa shape index (κ2) is 9.71. The molecule has 4 rings (SSSR count). The summed E-state index contributed by atoms with van der Waals surface area (Å²) in [5, 5.41) is 22.6. The molecule has 0 heterocycles. The quantitative estimate of drug-likeness (QED) is 0.213. The van der Waals surface area contributed by atoms with Crippen LogP contribution in [-0.2, 0) is 32.1 Å². The lowest BCUT2D eigenvalue weighted by Gasteiger charge is -2.52. The van der Waals surface area contributed by atoms with E-state index in [1.54, 1.807) is 7.05 Å². The predicted molar refractivity (Wildman–Crippen MR) is 142 cm³/mol. The highest BCUT2D eigenvalue weighted by atomic mass is 19.1. The summed E-state index contributed by atoms with van der Waals surface area (Å²) in [4.78, 5) is 69.4. The highest BCUT2D eigenvalue weighted by Gasteiger charge is 2.69. The molecule has 0 aliphatic heterocycles. The first-order valence-electron chi connectivity index (χ1n) is 13.3. The van der Waals surface area contributed by atoms with E-state index in [-0.39, 0.29) is 41.7 Å². The van der Waals surface area contributed by atoms with Crippen LogP contribution in [0.3, 0.4) is 0 Å². The number of carbonyl (C=O) groups excluding carboxylic acids is 5. The van der Waals surface area contributed by atoms with E-state index in [0.29, 0.717) is 0 Å². The van der Waals surface area contributed by atoms with Gasteiger partial charge in [-0.1, -0.05) is 6.92 Å². The van der Waals surface area contributed by atoms with E-state index in [0.717, 1.165) is 6.42 Å². The number of amides is 1. The molecule has 3 aliphatic carbocycles. The smallest absolute Gasteiger partial charge is 0.235 e. The Kier molecular flexibility index (Phi) is 7.22. The maximum atomic E-state index is 16.1. The molecule has 6 atom stereocenters. The molecule has 1 aromatic carbocycles. The number of fused-ring (bicyclic) bond motifs is 3. The minimum Gasteiger partial charge on any atom is -0.505 e. The monoisotopic (exact) mass is 560 g/mol. The summed E-state index contributed by atoms with van der Waals surface area (Å²) in [5.41, 5.74) is 7.41.